The summed E-state index contributed by atoms with van der Waals surface area (Å²) < 4.78 is 10.6. The number of carbonyl (C=O) groups excluding carboxylic acids is 2. The molecule has 2 N–H and O–H groups in total. The van der Waals surface area contributed by atoms with Crippen LogP contribution in [0.1, 0.15) is 30.0 Å². The van der Waals surface area contributed by atoms with Gasteiger partial charge in [0.05, 0.1) is 25.8 Å². The minimum Gasteiger partial charge on any atom is -0.507 e. The molecule has 0 unspecified atom stereocenters. The van der Waals surface area contributed by atoms with Gasteiger partial charge in [0, 0.05) is 18.5 Å². The lowest BCUT2D eigenvalue weighted by molar-refractivity contribution is -0.140. The summed E-state index contributed by atoms with van der Waals surface area (Å²) in [5.74, 6) is -2.03. The second-order valence-corrected chi connectivity index (χ2v) is 6.97. The molecule has 0 spiro atoms. The van der Waals surface area contributed by atoms with Crippen LogP contribution < -0.4 is 9.47 Å². The van der Waals surface area contributed by atoms with E-state index in [4.69, 9.17) is 14.6 Å². The topological polar surface area (TPSA) is 113 Å². The van der Waals surface area contributed by atoms with Crippen LogP contribution in [0.5, 0.6) is 11.5 Å². The van der Waals surface area contributed by atoms with Gasteiger partial charge in [0.15, 0.2) is 11.5 Å². The first-order valence-electron chi connectivity index (χ1n) is 9.66. The fourth-order valence-corrected chi connectivity index (χ4v) is 3.63. The molecule has 162 valence electrons. The quantitative estimate of drug-likeness (QED) is 0.380. The van der Waals surface area contributed by atoms with Gasteiger partial charge in [-0.1, -0.05) is 36.4 Å². The molecular formula is C23H23NO7. The molecule has 1 aliphatic rings. The number of benzene rings is 2. The summed E-state index contributed by atoms with van der Waals surface area (Å²) in [6, 6.07) is 12.5. The van der Waals surface area contributed by atoms with Gasteiger partial charge >= 0.3 is 5.97 Å². The molecule has 8 nitrogen and oxygen atoms in total. The molecule has 1 saturated heterocycles. The second-order valence-electron chi connectivity index (χ2n) is 6.97. The lowest BCUT2D eigenvalue weighted by Gasteiger charge is -2.25. The first-order chi connectivity index (χ1) is 14.9. The van der Waals surface area contributed by atoms with Crippen LogP contribution in [0.2, 0.25) is 0 Å². The number of methoxy groups -OCH3 is 2. The number of amides is 1. The Hall–Kier alpha value is -3.81. The molecule has 1 atom stereocenters. The summed E-state index contributed by atoms with van der Waals surface area (Å²) in [4.78, 5) is 37.9. The normalized spacial score (nSPS) is 17.6. The Morgan fingerprint density at radius 2 is 1.68 bits per heavy atom. The summed E-state index contributed by atoms with van der Waals surface area (Å²) in [7, 11) is 2.96. The largest absolute Gasteiger partial charge is 0.507 e. The van der Waals surface area contributed by atoms with Crippen LogP contribution in [0, 0.1) is 0 Å². The fraction of sp³-hybridized carbons (Fsp3) is 0.261. The van der Waals surface area contributed by atoms with E-state index in [1.54, 1.807) is 48.5 Å². The summed E-state index contributed by atoms with van der Waals surface area (Å²) in [5.41, 5.74) is 0.875. The van der Waals surface area contributed by atoms with Gasteiger partial charge in [-0.25, -0.2) is 0 Å². The number of aliphatic hydroxyl groups is 1. The van der Waals surface area contributed by atoms with Crippen LogP contribution in [0.25, 0.3) is 5.76 Å². The molecule has 1 heterocycles. The first kappa shape index (κ1) is 21.9. The smallest absolute Gasteiger partial charge is 0.303 e. The summed E-state index contributed by atoms with van der Waals surface area (Å²) >= 11 is 0. The van der Waals surface area contributed by atoms with Gasteiger partial charge in [-0.15, -0.1) is 0 Å². The predicted octanol–water partition coefficient (Wildman–Crippen LogP) is 2.99. The molecule has 1 amide bonds. The number of ketones is 1. The van der Waals surface area contributed by atoms with E-state index in [0.717, 1.165) is 0 Å². The number of hydrogen-bond acceptors (Lipinski definition) is 6. The highest BCUT2D eigenvalue weighted by atomic mass is 16.5. The number of ether oxygens (including phenoxy) is 2. The van der Waals surface area contributed by atoms with E-state index in [-0.39, 0.29) is 30.7 Å². The molecule has 31 heavy (non-hydrogen) atoms. The molecule has 1 fully saturated rings. The maximum absolute atomic E-state index is 12.9. The number of aliphatic hydroxyl groups excluding tert-OH is 1. The Labute approximate surface area is 179 Å². The standard InChI is InChI=1S/C23H23NO7/c1-30-16-11-10-15(13-17(16)31-2)20-19(21(27)14-7-4-3-5-8-14)22(28)23(29)24(20)12-6-9-18(25)26/h3-5,7-8,10-11,13,20,27H,6,9,12H2,1-2H3,(H,25,26)/b21-19-/t20-/m1/s1. The number of Topliss-reactive ketones (excluding diaryl/α,β-unsaturated/α-hetero) is 1. The van der Waals surface area contributed by atoms with E-state index in [2.05, 4.69) is 0 Å². The van der Waals surface area contributed by atoms with Crippen LogP contribution in [-0.4, -0.2) is 53.5 Å². The molecule has 8 heteroatoms. The first-order valence-corrected chi connectivity index (χ1v) is 9.66. The highest BCUT2D eigenvalue weighted by molar-refractivity contribution is 6.46. The van der Waals surface area contributed by atoms with Crippen molar-refractivity contribution in [1.82, 2.24) is 4.90 Å². The van der Waals surface area contributed by atoms with Gasteiger partial charge in [0.25, 0.3) is 11.7 Å². The molecular weight excluding hydrogens is 402 g/mol. The van der Waals surface area contributed by atoms with Crippen LogP contribution in [0.3, 0.4) is 0 Å². The monoisotopic (exact) mass is 425 g/mol. The molecule has 0 saturated carbocycles. The second kappa shape index (κ2) is 9.34. The number of carboxylic acid groups (broad SMARTS) is 1. The zero-order chi connectivity index (χ0) is 22.5. The molecule has 0 aliphatic carbocycles. The molecule has 3 rings (SSSR count). The number of aliphatic carboxylic acids is 1. The van der Waals surface area contributed by atoms with E-state index >= 15 is 0 Å². The summed E-state index contributed by atoms with van der Waals surface area (Å²) in [6.07, 6.45) is 0.0118. The van der Waals surface area contributed by atoms with E-state index in [0.29, 0.717) is 22.6 Å². The number of likely N-dealkylation sites (tertiary alicyclic amines) is 1. The Morgan fingerprint density at radius 3 is 2.29 bits per heavy atom. The molecule has 0 bridgehead atoms. The lowest BCUT2D eigenvalue weighted by atomic mass is 9.95. The third-order valence-corrected chi connectivity index (χ3v) is 5.10. The summed E-state index contributed by atoms with van der Waals surface area (Å²) in [5, 5.41) is 19.9. The Balaban J connectivity index is 2.14. The molecule has 2 aromatic carbocycles. The average Bonchev–Trinajstić information content (AvgIpc) is 3.03. The van der Waals surface area contributed by atoms with Crippen molar-refractivity contribution in [3.05, 3.63) is 65.2 Å². The van der Waals surface area contributed by atoms with Crippen LogP contribution in [0.15, 0.2) is 54.1 Å². The van der Waals surface area contributed by atoms with Crippen molar-refractivity contribution in [3.63, 3.8) is 0 Å². The van der Waals surface area contributed by atoms with Crippen molar-refractivity contribution >= 4 is 23.4 Å². The van der Waals surface area contributed by atoms with Crippen molar-refractivity contribution in [3.8, 4) is 11.5 Å². The predicted molar refractivity (Wildman–Crippen MR) is 112 cm³/mol. The molecule has 2 aromatic rings. The number of nitrogens with zero attached hydrogens (tertiary/aromatic N) is 1. The van der Waals surface area contributed by atoms with Crippen LogP contribution >= 0.6 is 0 Å². The van der Waals surface area contributed by atoms with Gasteiger partial charge in [-0.05, 0) is 24.1 Å². The Morgan fingerprint density at radius 1 is 1.00 bits per heavy atom. The molecule has 0 aromatic heterocycles. The fourth-order valence-electron chi connectivity index (χ4n) is 3.63. The van der Waals surface area contributed by atoms with E-state index in [1.165, 1.54) is 19.1 Å². The van der Waals surface area contributed by atoms with Gasteiger partial charge in [0.2, 0.25) is 0 Å². The van der Waals surface area contributed by atoms with E-state index in [9.17, 15) is 19.5 Å². The SMILES string of the molecule is COc1ccc([C@@H]2/C(=C(/O)c3ccccc3)C(=O)C(=O)N2CCCC(=O)O)cc1OC. The maximum Gasteiger partial charge on any atom is 0.303 e. The van der Waals surface area contributed by atoms with E-state index < -0.39 is 23.7 Å². The van der Waals surface area contributed by atoms with Crippen molar-refractivity contribution in [2.24, 2.45) is 0 Å². The zero-order valence-corrected chi connectivity index (χ0v) is 17.2. The lowest BCUT2D eigenvalue weighted by Crippen LogP contribution is -2.31. The van der Waals surface area contributed by atoms with Crippen molar-refractivity contribution in [2.45, 2.75) is 18.9 Å². The van der Waals surface area contributed by atoms with Crippen LogP contribution in [-0.2, 0) is 14.4 Å². The highest BCUT2D eigenvalue weighted by Gasteiger charge is 2.46. The van der Waals surface area contributed by atoms with Crippen molar-refractivity contribution in [2.75, 3.05) is 20.8 Å². The molecule has 1 aliphatic heterocycles. The van der Waals surface area contributed by atoms with E-state index in [1.807, 2.05) is 0 Å². The number of carboxylic acids is 1. The third-order valence-electron chi connectivity index (χ3n) is 5.10. The van der Waals surface area contributed by atoms with Gasteiger partial charge in [-0.3, -0.25) is 14.4 Å². The van der Waals surface area contributed by atoms with Gasteiger partial charge < -0.3 is 24.6 Å². The third kappa shape index (κ3) is 4.37. The summed E-state index contributed by atoms with van der Waals surface area (Å²) in [6.45, 7) is 0.0431. The number of rotatable bonds is 8. The zero-order valence-electron chi connectivity index (χ0n) is 17.2. The van der Waals surface area contributed by atoms with Gasteiger partial charge in [-0.2, -0.15) is 0 Å². The van der Waals surface area contributed by atoms with Crippen molar-refractivity contribution in [1.29, 1.82) is 0 Å². The Bertz CT molecular complexity index is 1030. The van der Waals surface area contributed by atoms with Crippen LogP contribution in [0.4, 0.5) is 0 Å². The Kier molecular flexibility index (Phi) is 6.59. The maximum atomic E-state index is 12.9. The average molecular weight is 425 g/mol. The highest BCUT2D eigenvalue weighted by Crippen LogP contribution is 2.42. The van der Waals surface area contributed by atoms with Gasteiger partial charge in [0.1, 0.15) is 5.76 Å². The number of hydrogen-bond donors (Lipinski definition) is 2. The number of carbonyl (C=O) groups is 3. The minimum absolute atomic E-state index is 0.0431. The minimum atomic E-state index is -0.997. The molecule has 0 radical (unpaired) electrons. The van der Waals surface area contributed by atoms with Crippen molar-refractivity contribution < 1.29 is 34.1 Å².